The van der Waals surface area contributed by atoms with Crippen molar-refractivity contribution >= 4 is 11.9 Å². The molecule has 1 aromatic carbocycles. The number of hydrogen-bond acceptors (Lipinski definition) is 5. The highest BCUT2D eigenvalue weighted by Crippen LogP contribution is 2.33. The average molecular weight is 405 g/mol. The maximum absolute atomic E-state index is 13.9. The van der Waals surface area contributed by atoms with E-state index in [1.54, 1.807) is 0 Å². The molecule has 2 fully saturated rings. The second-order valence-corrected chi connectivity index (χ2v) is 7.53. The van der Waals surface area contributed by atoms with Crippen LogP contribution in [0.25, 0.3) is 11.3 Å². The molecule has 29 heavy (non-hydrogen) atoms. The molecule has 1 saturated heterocycles. The van der Waals surface area contributed by atoms with Crippen LogP contribution in [0.3, 0.4) is 0 Å². The normalized spacial score (nSPS) is 22.8. The van der Waals surface area contributed by atoms with Gasteiger partial charge >= 0.3 is 5.97 Å². The number of carboxylic acid groups (broad SMARTS) is 1. The molecule has 1 unspecified atom stereocenters. The Morgan fingerprint density at radius 1 is 1.17 bits per heavy atom. The molecule has 2 aromatic rings. The second kappa shape index (κ2) is 7.90. The van der Waals surface area contributed by atoms with Crippen molar-refractivity contribution < 1.29 is 28.0 Å². The van der Waals surface area contributed by atoms with Gasteiger partial charge in [-0.15, -0.1) is 0 Å². The van der Waals surface area contributed by atoms with E-state index >= 15 is 0 Å². The van der Waals surface area contributed by atoms with Crippen LogP contribution in [-0.2, 0) is 4.79 Å². The van der Waals surface area contributed by atoms with Crippen LogP contribution in [0, 0.1) is 17.6 Å². The Morgan fingerprint density at radius 2 is 1.97 bits per heavy atom. The minimum atomic E-state index is -0.950. The van der Waals surface area contributed by atoms with Gasteiger partial charge in [0.2, 0.25) is 0 Å². The molecule has 1 aliphatic heterocycles. The number of rotatable bonds is 5. The molecule has 0 spiro atoms. The quantitative estimate of drug-likeness (QED) is 0.794. The number of carbonyl (C=O) groups is 2. The SMILES string of the molecule is O=C(NC1[C@@H](C(=O)O)CCCN1C1CCC1)c1cc(-c2ccc(F)cc2F)on1. The van der Waals surface area contributed by atoms with Crippen LogP contribution in [-0.4, -0.2) is 45.8 Å². The summed E-state index contributed by atoms with van der Waals surface area (Å²) in [5.41, 5.74) is -0.109. The van der Waals surface area contributed by atoms with Crippen LogP contribution >= 0.6 is 0 Å². The minimum absolute atomic E-state index is 0.0121. The second-order valence-electron chi connectivity index (χ2n) is 7.53. The largest absolute Gasteiger partial charge is 0.481 e. The number of piperidine rings is 1. The number of amides is 1. The number of nitrogens with zero attached hydrogens (tertiary/aromatic N) is 2. The fourth-order valence-corrected chi connectivity index (χ4v) is 4.00. The summed E-state index contributed by atoms with van der Waals surface area (Å²) in [5.74, 6) is -3.82. The van der Waals surface area contributed by atoms with Gasteiger partial charge in [-0.25, -0.2) is 8.78 Å². The Bertz CT molecular complexity index is 928. The number of halogens is 2. The van der Waals surface area contributed by atoms with Crippen molar-refractivity contribution in [1.29, 1.82) is 0 Å². The van der Waals surface area contributed by atoms with Gasteiger partial charge in [-0.3, -0.25) is 14.5 Å². The zero-order chi connectivity index (χ0) is 20.5. The van der Waals surface area contributed by atoms with Crippen molar-refractivity contribution in [2.24, 2.45) is 5.92 Å². The third-order valence-corrected chi connectivity index (χ3v) is 5.75. The Hall–Kier alpha value is -2.81. The van der Waals surface area contributed by atoms with Crippen LogP contribution in [0.5, 0.6) is 0 Å². The molecule has 154 valence electrons. The molecule has 0 radical (unpaired) electrons. The van der Waals surface area contributed by atoms with E-state index in [2.05, 4.69) is 15.4 Å². The first-order valence-electron chi connectivity index (χ1n) is 9.65. The van der Waals surface area contributed by atoms with E-state index in [0.29, 0.717) is 12.5 Å². The third kappa shape index (κ3) is 3.87. The van der Waals surface area contributed by atoms with Crippen LogP contribution in [0.15, 0.2) is 28.8 Å². The molecular weight excluding hydrogens is 384 g/mol. The summed E-state index contributed by atoms with van der Waals surface area (Å²) < 4.78 is 32.1. The first kappa shape index (κ1) is 19.5. The van der Waals surface area contributed by atoms with Crippen molar-refractivity contribution in [3.8, 4) is 11.3 Å². The highest BCUT2D eigenvalue weighted by molar-refractivity contribution is 5.93. The van der Waals surface area contributed by atoms with Crippen LogP contribution in [0.2, 0.25) is 0 Å². The number of carboxylic acids is 1. The van der Waals surface area contributed by atoms with Gasteiger partial charge in [0.1, 0.15) is 11.6 Å². The molecule has 2 N–H and O–H groups in total. The highest BCUT2D eigenvalue weighted by atomic mass is 19.1. The molecule has 1 amide bonds. The molecule has 2 aliphatic rings. The number of carbonyl (C=O) groups excluding carboxylic acids is 1. The van der Waals surface area contributed by atoms with E-state index in [0.717, 1.165) is 38.3 Å². The third-order valence-electron chi connectivity index (χ3n) is 5.75. The highest BCUT2D eigenvalue weighted by Gasteiger charge is 2.41. The zero-order valence-electron chi connectivity index (χ0n) is 15.6. The number of aromatic nitrogens is 1. The van der Waals surface area contributed by atoms with E-state index in [1.165, 1.54) is 12.1 Å². The predicted octanol–water partition coefficient (Wildman–Crippen LogP) is 3.02. The number of nitrogens with one attached hydrogen (secondary N) is 1. The summed E-state index contributed by atoms with van der Waals surface area (Å²) in [6.07, 6.45) is 3.66. The standard InChI is InChI=1S/C20H21F2N3O4/c21-11-6-7-13(15(22)9-11)17-10-16(24-29-17)19(26)23-18-14(20(27)28)5-2-8-25(18)12-3-1-4-12/h6-7,9-10,12,14,18H,1-5,8H2,(H,23,26)(H,27,28)/t14-,18?/m0/s1. The van der Waals surface area contributed by atoms with Gasteiger partial charge in [-0.05, 0) is 37.8 Å². The van der Waals surface area contributed by atoms with Gasteiger partial charge < -0.3 is 14.9 Å². The molecule has 1 saturated carbocycles. The molecule has 1 aliphatic carbocycles. The van der Waals surface area contributed by atoms with Gasteiger partial charge in [0, 0.05) is 24.7 Å². The lowest BCUT2D eigenvalue weighted by atomic mass is 9.86. The summed E-state index contributed by atoms with van der Waals surface area (Å²) >= 11 is 0. The minimum Gasteiger partial charge on any atom is -0.481 e. The van der Waals surface area contributed by atoms with E-state index in [-0.39, 0.29) is 23.1 Å². The number of aliphatic carboxylic acids is 1. The van der Waals surface area contributed by atoms with E-state index < -0.39 is 35.6 Å². The van der Waals surface area contributed by atoms with Crippen molar-refractivity contribution in [3.63, 3.8) is 0 Å². The van der Waals surface area contributed by atoms with Crippen LogP contribution in [0.1, 0.15) is 42.6 Å². The topological polar surface area (TPSA) is 95.7 Å². The van der Waals surface area contributed by atoms with Crippen molar-refractivity contribution in [3.05, 3.63) is 41.6 Å². The Labute approximate surface area is 165 Å². The summed E-state index contributed by atoms with van der Waals surface area (Å²) in [6.45, 7) is 0.726. The molecule has 0 bridgehead atoms. The molecular formula is C20H21F2N3O4. The maximum Gasteiger partial charge on any atom is 0.309 e. The smallest absolute Gasteiger partial charge is 0.309 e. The summed E-state index contributed by atoms with van der Waals surface area (Å²) in [5, 5.41) is 16.1. The number of benzene rings is 1. The van der Waals surface area contributed by atoms with E-state index in [1.807, 2.05) is 0 Å². The first-order valence-corrected chi connectivity index (χ1v) is 9.65. The van der Waals surface area contributed by atoms with Gasteiger partial charge in [-0.2, -0.15) is 0 Å². The fraction of sp³-hybridized carbons (Fsp3) is 0.450. The number of likely N-dealkylation sites (tertiary alicyclic amines) is 1. The van der Waals surface area contributed by atoms with E-state index in [4.69, 9.17) is 4.52 Å². The zero-order valence-corrected chi connectivity index (χ0v) is 15.6. The summed E-state index contributed by atoms with van der Waals surface area (Å²) in [4.78, 5) is 26.5. The van der Waals surface area contributed by atoms with E-state index in [9.17, 15) is 23.5 Å². The molecule has 9 heteroatoms. The van der Waals surface area contributed by atoms with Crippen LogP contribution in [0.4, 0.5) is 8.78 Å². The monoisotopic (exact) mass is 405 g/mol. The van der Waals surface area contributed by atoms with Gasteiger partial charge in [0.05, 0.1) is 17.6 Å². The lowest BCUT2D eigenvalue weighted by Crippen LogP contribution is -2.61. The predicted molar refractivity (Wildman–Crippen MR) is 97.8 cm³/mol. The fourth-order valence-electron chi connectivity index (χ4n) is 4.00. The Balaban J connectivity index is 1.54. The lowest BCUT2D eigenvalue weighted by molar-refractivity contribution is -0.148. The van der Waals surface area contributed by atoms with Crippen LogP contribution < -0.4 is 5.32 Å². The summed E-state index contributed by atoms with van der Waals surface area (Å²) in [7, 11) is 0. The summed E-state index contributed by atoms with van der Waals surface area (Å²) in [6, 6.07) is 4.53. The molecule has 1 aromatic heterocycles. The van der Waals surface area contributed by atoms with Gasteiger partial charge in [-0.1, -0.05) is 11.6 Å². The molecule has 2 heterocycles. The molecule has 4 rings (SSSR count). The average Bonchev–Trinajstić information content (AvgIpc) is 3.11. The first-order chi connectivity index (χ1) is 13.9. The van der Waals surface area contributed by atoms with Gasteiger partial charge in [0.15, 0.2) is 11.5 Å². The van der Waals surface area contributed by atoms with Crippen molar-refractivity contribution in [1.82, 2.24) is 15.4 Å². The Morgan fingerprint density at radius 3 is 2.62 bits per heavy atom. The van der Waals surface area contributed by atoms with Crippen molar-refractivity contribution in [2.45, 2.75) is 44.3 Å². The van der Waals surface area contributed by atoms with Crippen molar-refractivity contribution in [2.75, 3.05) is 6.54 Å². The van der Waals surface area contributed by atoms with Gasteiger partial charge in [0.25, 0.3) is 5.91 Å². The Kier molecular flexibility index (Phi) is 5.31. The lowest BCUT2D eigenvalue weighted by Gasteiger charge is -2.47. The number of hydrogen-bond donors (Lipinski definition) is 2. The molecule has 7 nitrogen and oxygen atoms in total. The maximum atomic E-state index is 13.9. The molecule has 2 atom stereocenters.